The number of carboxylic acid groups (broad SMARTS) is 1. The van der Waals surface area contributed by atoms with E-state index in [1.165, 1.54) is 13.0 Å². The van der Waals surface area contributed by atoms with Crippen LogP contribution in [0.4, 0.5) is 5.69 Å². The van der Waals surface area contributed by atoms with Crippen LogP contribution in [-0.4, -0.2) is 28.9 Å². The SMILES string of the molecule is CC(=O)Nc1ccccc1C(=O)N[C@@H](CC=C(C)C)C(=O)O. The highest BCUT2D eigenvalue weighted by molar-refractivity contribution is 6.04. The first-order valence-electron chi connectivity index (χ1n) is 6.85. The molecule has 0 saturated heterocycles. The van der Waals surface area contributed by atoms with Crippen LogP contribution in [0.3, 0.4) is 0 Å². The summed E-state index contributed by atoms with van der Waals surface area (Å²) < 4.78 is 0. The Hall–Kier alpha value is -2.63. The van der Waals surface area contributed by atoms with Crippen molar-refractivity contribution in [2.24, 2.45) is 0 Å². The normalized spacial score (nSPS) is 11.2. The Morgan fingerprint density at radius 1 is 1.18 bits per heavy atom. The molecule has 0 aliphatic carbocycles. The maximum atomic E-state index is 12.3. The molecule has 0 unspecified atom stereocenters. The van der Waals surface area contributed by atoms with E-state index in [0.29, 0.717) is 5.69 Å². The summed E-state index contributed by atoms with van der Waals surface area (Å²) in [5, 5.41) is 14.2. The van der Waals surface area contributed by atoms with Gasteiger partial charge in [0.25, 0.3) is 5.91 Å². The standard InChI is InChI=1S/C16H20N2O4/c1-10(2)8-9-14(16(21)22)18-15(20)12-6-4-5-7-13(12)17-11(3)19/h4-8,14H,9H2,1-3H3,(H,17,19)(H,18,20)(H,21,22)/t14-/m0/s1. The van der Waals surface area contributed by atoms with Crippen LogP contribution in [-0.2, 0) is 9.59 Å². The van der Waals surface area contributed by atoms with E-state index in [4.69, 9.17) is 0 Å². The average molecular weight is 304 g/mol. The van der Waals surface area contributed by atoms with Crippen molar-refractivity contribution in [3.8, 4) is 0 Å². The summed E-state index contributed by atoms with van der Waals surface area (Å²) in [5.41, 5.74) is 1.54. The first-order valence-corrected chi connectivity index (χ1v) is 6.85. The van der Waals surface area contributed by atoms with Crippen LogP contribution >= 0.6 is 0 Å². The van der Waals surface area contributed by atoms with Crippen LogP contribution in [0.25, 0.3) is 0 Å². The monoisotopic (exact) mass is 304 g/mol. The number of carbonyl (C=O) groups is 3. The number of amides is 2. The van der Waals surface area contributed by atoms with Crippen molar-refractivity contribution in [2.45, 2.75) is 33.2 Å². The van der Waals surface area contributed by atoms with Gasteiger partial charge < -0.3 is 15.7 Å². The van der Waals surface area contributed by atoms with E-state index in [9.17, 15) is 19.5 Å². The maximum absolute atomic E-state index is 12.3. The zero-order chi connectivity index (χ0) is 16.7. The molecule has 0 saturated carbocycles. The third-order valence-corrected chi connectivity index (χ3v) is 2.85. The molecule has 1 aromatic carbocycles. The van der Waals surface area contributed by atoms with Crippen molar-refractivity contribution in [3.63, 3.8) is 0 Å². The Labute approximate surface area is 129 Å². The maximum Gasteiger partial charge on any atom is 0.326 e. The third-order valence-electron chi connectivity index (χ3n) is 2.85. The number of carboxylic acids is 1. The summed E-state index contributed by atoms with van der Waals surface area (Å²) >= 11 is 0. The van der Waals surface area contributed by atoms with Crippen LogP contribution in [0.5, 0.6) is 0 Å². The molecular formula is C16H20N2O4. The van der Waals surface area contributed by atoms with Crippen LogP contribution in [0.15, 0.2) is 35.9 Å². The van der Waals surface area contributed by atoms with E-state index in [1.807, 2.05) is 13.8 Å². The molecule has 118 valence electrons. The van der Waals surface area contributed by atoms with E-state index < -0.39 is 17.9 Å². The lowest BCUT2D eigenvalue weighted by Crippen LogP contribution is -2.40. The van der Waals surface area contributed by atoms with Crippen molar-refractivity contribution in [1.29, 1.82) is 0 Å². The molecule has 6 heteroatoms. The zero-order valence-corrected chi connectivity index (χ0v) is 12.8. The quantitative estimate of drug-likeness (QED) is 0.702. The first kappa shape index (κ1) is 17.4. The highest BCUT2D eigenvalue weighted by Gasteiger charge is 2.21. The summed E-state index contributed by atoms with van der Waals surface area (Å²) in [6.45, 7) is 5.04. The molecule has 22 heavy (non-hydrogen) atoms. The second kappa shape index (κ2) is 7.97. The van der Waals surface area contributed by atoms with Crippen molar-refractivity contribution in [2.75, 3.05) is 5.32 Å². The number of aliphatic carboxylic acids is 1. The van der Waals surface area contributed by atoms with Crippen molar-refractivity contribution >= 4 is 23.5 Å². The van der Waals surface area contributed by atoms with Gasteiger partial charge in [-0.2, -0.15) is 0 Å². The Morgan fingerprint density at radius 2 is 1.82 bits per heavy atom. The van der Waals surface area contributed by atoms with Gasteiger partial charge in [-0.1, -0.05) is 23.8 Å². The minimum Gasteiger partial charge on any atom is -0.480 e. The van der Waals surface area contributed by atoms with Gasteiger partial charge in [-0.25, -0.2) is 4.79 Å². The van der Waals surface area contributed by atoms with Crippen LogP contribution < -0.4 is 10.6 Å². The molecule has 1 rings (SSSR count). The topological polar surface area (TPSA) is 95.5 Å². The van der Waals surface area contributed by atoms with Gasteiger partial charge in [0, 0.05) is 6.92 Å². The number of rotatable bonds is 6. The molecule has 0 aliphatic rings. The fourth-order valence-corrected chi connectivity index (χ4v) is 1.79. The lowest BCUT2D eigenvalue weighted by atomic mass is 10.1. The summed E-state index contributed by atoms with van der Waals surface area (Å²) in [4.78, 5) is 34.6. The average Bonchev–Trinajstić information content (AvgIpc) is 2.42. The first-order chi connectivity index (χ1) is 10.3. The Bertz CT molecular complexity index is 604. The van der Waals surface area contributed by atoms with E-state index in [1.54, 1.807) is 24.3 Å². The van der Waals surface area contributed by atoms with Crippen LogP contribution in [0.2, 0.25) is 0 Å². The minimum atomic E-state index is -1.11. The number of hydrogen-bond donors (Lipinski definition) is 3. The fraction of sp³-hybridized carbons (Fsp3) is 0.312. The summed E-state index contributed by atoms with van der Waals surface area (Å²) in [5.74, 6) is -1.96. The molecule has 0 spiro atoms. The predicted octanol–water partition coefficient (Wildman–Crippen LogP) is 2.18. The number of hydrogen-bond acceptors (Lipinski definition) is 3. The largest absolute Gasteiger partial charge is 0.480 e. The molecule has 1 aromatic rings. The van der Waals surface area contributed by atoms with Gasteiger partial charge in [0.05, 0.1) is 11.3 Å². The molecule has 0 heterocycles. The van der Waals surface area contributed by atoms with Gasteiger partial charge in [-0.3, -0.25) is 9.59 Å². The van der Waals surface area contributed by atoms with Gasteiger partial charge in [0.2, 0.25) is 5.91 Å². The predicted molar refractivity (Wildman–Crippen MR) is 83.7 cm³/mol. The lowest BCUT2D eigenvalue weighted by Gasteiger charge is -2.15. The Kier molecular flexibility index (Phi) is 6.31. The number of anilines is 1. The zero-order valence-electron chi connectivity index (χ0n) is 12.8. The molecule has 0 fully saturated rings. The highest BCUT2D eigenvalue weighted by atomic mass is 16.4. The summed E-state index contributed by atoms with van der Waals surface area (Å²) in [7, 11) is 0. The van der Waals surface area contributed by atoms with Gasteiger partial charge in [0.1, 0.15) is 6.04 Å². The second-order valence-electron chi connectivity index (χ2n) is 5.11. The number of carbonyl (C=O) groups excluding carboxylic acids is 2. The second-order valence-corrected chi connectivity index (χ2v) is 5.11. The van der Waals surface area contributed by atoms with Gasteiger partial charge in [-0.05, 0) is 32.4 Å². The lowest BCUT2D eigenvalue weighted by molar-refractivity contribution is -0.139. The van der Waals surface area contributed by atoms with Gasteiger partial charge >= 0.3 is 5.97 Å². The number of benzene rings is 1. The summed E-state index contributed by atoms with van der Waals surface area (Å²) in [6, 6.07) is 5.42. The highest BCUT2D eigenvalue weighted by Crippen LogP contribution is 2.15. The fourth-order valence-electron chi connectivity index (χ4n) is 1.79. The van der Waals surface area contributed by atoms with E-state index >= 15 is 0 Å². The molecule has 1 atom stereocenters. The van der Waals surface area contributed by atoms with E-state index in [0.717, 1.165) is 5.57 Å². The molecule has 0 aromatic heterocycles. The van der Waals surface area contributed by atoms with Crippen molar-refractivity contribution < 1.29 is 19.5 Å². The smallest absolute Gasteiger partial charge is 0.326 e. The number of nitrogens with one attached hydrogen (secondary N) is 2. The minimum absolute atomic E-state index is 0.200. The molecule has 0 bridgehead atoms. The Morgan fingerprint density at radius 3 is 2.36 bits per heavy atom. The summed E-state index contributed by atoms with van der Waals surface area (Å²) in [6.07, 6.45) is 1.95. The van der Waals surface area contributed by atoms with Crippen molar-refractivity contribution in [3.05, 3.63) is 41.5 Å². The van der Waals surface area contributed by atoms with Crippen molar-refractivity contribution in [1.82, 2.24) is 5.32 Å². The van der Waals surface area contributed by atoms with E-state index in [-0.39, 0.29) is 17.9 Å². The molecule has 0 radical (unpaired) electrons. The molecular weight excluding hydrogens is 284 g/mol. The molecule has 0 aliphatic heterocycles. The third kappa shape index (κ3) is 5.40. The van der Waals surface area contributed by atoms with Gasteiger partial charge in [-0.15, -0.1) is 0 Å². The molecule has 2 amide bonds. The molecule has 6 nitrogen and oxygen atoms in total. The van der Waals surface area contributed by atoms with Crippen LogP contribution in [0.1, 0.15) is 37.6 Å². The van der Waals surface area contributed by atoms with E-state index in [2.05, 4.69) is 10.6 Å². The number of para-hydroxylation sites is 1. The number of allylic oxidation sites excluding steroid dienone is 1. The van der Waals surface area contributed by atoms with Gasteiger partial charge in [0.15, 0.2) is 0 Å². The Balaban J connectivity index is 2.93. The van der Waals surface area contributed by atoms with Crippen LogP contribution in [0, 0.1) is 0 Å². The molecule has 3 N–H and O–H groups in total.